The third kappa shape index (κ3) is 2.55. The Morgan fingerprint density at radius 3 is 2.58 bits per heavy atom. The molecule has 94 valence electrons. The summed E-state index contributed by atoms with van der Waals surface area (Å²) in [6, 6.07) is 15.5. The zero-order valence-electron chi connectivity index (χ0n) is 9.79. The Hall–Kier alpha value is -1.65. The zero-order valence-corrected chi connectivity index (χ0v) is 12.1. The van der Waals surface area contributed by atoms with Gasteiger partial charge in [0.15, 0.2) is 0 Å². The van der Waals surface area contributed by atoms with Crippen LogP contribution >= 0.6 is 27.5 Å². The van der Waals surface area contributed by atoms with Crippen LogP contribution in [0.2, 0.25) is 5.02 Å². The Bertz CT molecular complexity index is 707. The topological polar surface area (TPSA) is 30.7 Å². The van der Waals surface area contributed by atoms with Crippen LogP contribution in [0.25, 0.3) is 16.9 Å². The average Bonchev–Trinajstić information content (AvgIpc) is 2.89. The Labute approximate surface area is 124 Å². The van der Waals surface area contributed by atoms with Crippen LogP contribution in [0.5, 0.6) is 0 Å². The summed E-state index contributed by atoms with van der Waals surface area (Å²) < 4.78 is 2.80. The van der Waals surface area contributed by atoms with E-state index in [1.807, 2.05) is 48.5 Å². The standard InChI is InChI=1S/C14H9BrClN3/c15-11-2-1-3-13(8-11)19-14(9-17-18-19)10-4-6-12(16)7-5-10/h1-9H. The molecular formula is C14H9BrClN3. The van der Waals surface area contributed by atoms with E-state index in [0.717, 1.165) is 21.4 Å². The first-order valence-electron chi connectivity index (χ1n) is 5.66. The second-order valence-electron chi connectivity index (χ2n) is 4.02. The summed E-state index contributed by atoms with van der Waals surface area (Å²) in [5.41, 5.74) is 2.90. The van der Waals surface area contributed by atoms with E-state index in [0.29, 0.717) is 5.02 Å². The molecule has 0 aliphatic carbocycles. The van der Waals surface area contributed by atoms with Gasteiger partial charge in [0, 0.05) is 15.1 Å². The van der Waals surface area contributed by atoms with Crippen molar-refractivity contribution in [2.45, 2.75) is 0 Å². The minimum atomic E-state index is 0.713. The van der Waals surface area contributed by atoms with Crippen LogP contribution in [0.1, 0.15) is 0 Å². The van der Waals surface area contributed by atoms with E-state index in [1.54, 1.807) is 10.9 Å². The number of hydrogen-bond acceptors (Lipinski definition) is 2. The van der Waals surface area contributed by atoms with Crippen LogP contribution in [0, 0.1) is 0 Å². The third-order valence-corrected chi connectivity index (χ3v) is 3.49. The molecule has 0 aliphatic heterocycles. The fourth-order valence-corrected chi connectivity index (χ4v) is 2.36. The van der Waals surface area contributed by atoms with Gasteiger partial charge >= 0.3 is 0 Å². The molecule has 0 amide bonds. The van der Waals surface area contributed by atoms with Crippen LogP contribution in [0.3, 0.4) is 0 Å². The van der Waals surface area contributed by atoms with Gasteiger partial charge in [0.1, 0.15) is 0 Å². The predicted molar refractivity (Wildman–Crippen MR) is 79.5 cm³/mol. The van der Waals surface area contributed by atoms with Crippen molar-refractivity contribution in [1.29, 1.82) is 0 Å². The molecule has 3 aromatic rings. The molecule has 1 heterocycles. The molecule has 1 aromatic heterocycles. The summed E-state index contributed by atoms with van der Waals surface area (Å²) in [5.74, 6) is 0. The van der Waals surface area contributed by atoms with Gasteiger partial charge in [-0.15, -0.1) is 5.10 Å². The maximum atomic E-state index is 5.91. The van der Waals surface area contributed by atoms with Gasteiger partial charge in [-0.2, -0.15) is 0 Å². The fourth-order valence-electron chi connectivity index (χ4n) is 1.85. The molecule has 0 bridgehead atoms. The summed E-state index contributed by atoms with van der Waals surface area (Å²) in [6.07, 6.45) is 1.74. The second kappa shape index (κ2) is 5.15. The summed E-state index contributed by atoms with van der Waals surface area (Å²) in [7, 11) is 0. The molecule has 0 saturated heterocycles. The van der Waals surface area contributed by atoms with Gasteiger partial charge in [-0.3, -0.25) is 0 Å². The minimum absolute atomic E-state index is 0.713. The minimum Gasteiger partial charge on any atom is -0.213 e. The summed E-state index contributed by atoms with van der Waals surface area (Å²) in [5, 5.41) is 8.84. The van der Waals surface area contributed by atoms with Gasteiger partial charge in [0.05, 0.1) is 17.6 Å². The lowest BCUT2D eigenvalue weighted by Gasteiger charge is -2.06. The number of rotatable bonds is 2. The molecule has 2 aromatic carbocycles. The largest absolute Gasteiger partial charge is 0.213 e. The van der Waals surface area contributed by atoms with Crippen LogP contribution in [-0.2, 0) is 0 Å². The molecule has 0 aliphatic rings. The van der Waals surface area contributed by atoms with Crippen LogP contribution in [0.4, 0.5) is 0 Å². The van der Waals surface area contributed by atoms with Crippen molar-refractivity contribution in [2.24, 2.45) is 0 Å². The third-order valence-electron chi connectivity index (χ3n) is 2.74. The first kappa shape index (κ1) is 12.4. The summed E-state index contributed by atoms with van der Waals surface area (Å²) >= 11 is 9.37. The normalized spacial score (nSPS) is 10.6. The molecule has 0 saturated carbocycles. The number of aromatic nitrogens is 3. The van der Waals surface area contributed by atoms with E-state index in [4.69, 9.17) is 11.6 Å². The maximum absolute atomic E-state index is 5.91. The summed E-state index contributed by atoms with van der Waals surface area (Å²) in [6.45, 7) is 0. The highest BCUT2D eigenvalue weighted by molar-refractivity contribution is 9.10. The number of halogens is 2. The van der Waals surface area contributed by atoms with Crippen LogP contribution in [0.15, 0.2) is 59.2 Å². The first-order valence-corrected chi connectivity index (χ1v) is 6.84. The molecule has 19 heavy (non-hydrogen) atoms. The van der Waals surface area contributed by atoms with E-state index >= 15 is 0 Å². The van der Waals surface area contributed by atoms with Crippen molar-refractivity contribution in [2.75, 3.05) is 0 Å². The van der Waals surface area contributed by atoms with E-state index in [-0.39, 0.29) is 0 Å². The highest BCUT2D eigenvalue weighted by Crippen LogP contribution is 2.24. The average molecular weight is 335 g/mol. The maximum Gasteiger partial charge on any atom is 0.0944 e. The molecule has 0 radical (unpaired) electrons. The molecule has 5 heteroatoms. The molecular weight excluding hydrogens is 326 g/mol. The van der Waals surface area contributed by atoms with Gasteiger partial charge in [-0.25, -0.2) is 4.68 Å². The van der Waals surface area contributed by atoms with Crippen molar-refractivity contribution in [1.82, 2.24) is 15.0 Å². The molecule has 0 atom stereocenters. The molecule has 0 spiro atoms. The fraction of sp³-hybridized carbons (Fsp3) is 0. The Morgan fingerprint density at radius 2 is 1.84 bits per heavy atom. The van der Waals surface area contributed by atoms with Crippen molar-refractivity contribution >= 4 is 27.5 Å². The van der Waals surface area contributed by atoms with Crippen LogP contribution in [-0.4, -0.2) is 15.0 Å². The van der Waals surface area contributed by atoms with Crippen molar-refractivity contribution in [3.63, 3.8) is 0 Å². The van der Waals surface area contributed by atoms with Crippen LogP contribution < -0.4 is 0 Å². The Morgan fingerprint density at radius 1 is 1.05 bits per heavy atom. The second-order valence-corrected chi connectivity index (χ2v) is 5.37. The lowest BCUT2D eigenvalue weighted by Crippen LogP contribution is -1.99. The molecule has 0 N–H and O–H groups in total. The Kier molecular flexibility index (Phi) is 3.36. The van der Waals surface area contributed by atoms with Gasteiger partial charge in [0.2, 0.25) is 0 Å². The Balaban J connectivity index is 2.10. The monoisotopic (exact) mass is 333 g/mol. The van der Waals surface area contributed by atoms with Crippen molar-refractivity contribution < 1.29 is 0 Å². The van der Waals surface area contributed by atoms with E-state index < -0.39 is 0 Å². The number of hydrogen-bond donors (Lipinski definition) is 0. The molecule has 3 nitrogen and oxygen atoms in total. The van der Waals surface area contributed by atoms with E-state index in [2.05, 4.69) is 26.2 Å². The lowest BCUT2D eigenvalue weighted by atomic mass is 10.1. The SMILES string of the molecule is Clc1ccc(-c2cnnn2-c2cccc(Br)c2)cc1. The van der Waals surface area contributed by atoms with Gasteiger partial charge in [-0.05, 0) is 30.3 Å². The first-order chi connectivity index (χ1) is 9.24. The number of benzene rings is 2. The predicted octanol–water partition coefficient (Wildman–Crippen LogP) is 4.35. The van der Waals surface area contributed by atoms with Gasteiger partial charge in [-0.1, -0.05) is 50.9 Å². The molecule has 0 unspecified atom stereocenters. The zero-order chi connectivity index (χ0) is 13.2. The van der Waals surface area contributed by atoms with Crippen molar-refractivity contribution in [3.8, 4) is 16.9 Å². The van der Waals surface area contributed by atoms with E-state index in [9.17, 15) is 0 Å². The van der Waals surface area contributed by atoms with Gasteiger partial charge < -0.3 is 0 Å². The highest BCUT2D eigenvalue weighted by atomic mass is 79.9. The summed E-state index contributed by atoms with van der Waals surface area (Å²) in [4.78, 5) is 0. The number of nitrogens with zero attached hydrogens (tertiary/aromatic N) is 3. The van der Waals surface area contributed by atoms with E-state index in [1.165, 1.54) is 0 Å². The highest BCUT2D eigenvalue weighted by Gasteiger charge is 2.08. The van der Waals surface area contributed by atoms with Crippen molar-refractivity contribution in [3.05, 3.63) is 64.2 Å². The molecule has 0 fully saturated rings. The van der Waals surface area contributed by atoms with Gasteiger partial charge in [0.25, 0.3) is 0 Å². The molecule has 3 rings (SSSR count). The smallest absolute Gasteiger partial charge is 0.0944 e. The quantitative estimate of drug-likeness (QED) is 0.697. The lowest BCUT2D eigenvalue weighted by molar-refractivity contribution is 0.807.